The van der Waals surface area contributed by atoms with E-state index in [1.54, 1.807) is 0 Å². The van der Waals surface area contributed by atoms with Gasteiger partial charge in [-0.3, -0.25) is 0 Å². The van der Waals surface area contributed by atoms with Gasteiger partial charge in [0.1, 0.15) is 0 Å². The van der Waals surface area contributed by atoms with Crippen LogP contribution in [0.1, 0.15) is 46.0 Å². The number of rotatable bonds is 7. The van der Waals surface area contributed by atoms with Crippen molar-refractivity contribution in [1.29, 1.82) is 0 Å². The first-order chi connectivity index (χ1) is 6.35. The summed E-state index contributed by atoms with van der Waals surface area (Å²) in [5, 5.41) is 8.65. The molecule has 0 spiro atoms. The summed E-state index contributed by atoms with van der Waals surface area (Å²) < 4.78 is 0. The fraction of sp³-hybridized carbons (Fsp3) is 0.667. The number of aliphatic hydroxyl groups excluding tert-OH is 1. The molecule has 0 aliphatic rings. The highest BCUT2D eigenvalue weighted by Gasteiger charge is 1.96. The molecule has 0 fully saturated rings. The third kappa shape index (κ3) is 7.63. The third-order valence-corrected chi connectivity index (χ3v) is 2.06. The molecule has 0 saturated carbocycles. The summed E-state index contributed by atoms with van der Waals surface area (Å²) in [5.74, 6) is 0.423. The van der Waals surface area contributed by atoms with Crippen molar-refractivity contribution in [2.45, 2.75) is 46.0 Å². The maximum Gasteiger partial charge on any atom is 0.0757 e. The maximum absolute atomic E-state index is 8.65. The van der Waals surface area contributed by atoms with Crippen molar-refractivity contribution in [1.82, 2.24) is 0 Å². The molecule has 0 aromatic carbocycles. The molecule has 0 bridgehead atoms. The Morgan fingerprint density at radius 1 is 1.15 bits per heavy atom. The molecule has 0 radical (unpaired) electrons. The Balaban J connectivity index is 3.72. The quantitative estimate of drug-likeness (QED) is 0.355. The second-order valence-corrected chi connectivity index (χ2v) is 3.36. The standard InChI is InChI=1S/C12H22O/c1-3-5-6-7-9-12(8-4-2)10-11-13/h7,9-13H,3-6,8H2,1-2H3/b9-7?,11-10+. The molecule has 0 aliphatic heterocycles. The average Bonchev–Trinajstić information content (AvgIpc) is 2.13. The van der Waals surface area contributed by atoms with Gasteiger partial charge in [0.2, 0.25) is 0 Å². The summed E-state index contributed by atoms with van der Waals surface area (Å²) in [7, 11) is 0. The Bertz CT molecular complexity index is 147. The van der Waals surface area contributed by atoms with Crippen LogP contribution in [0.5, 0.6) is 0 Å². The minimum absolute atomic E-state index is 0.423. The Labute approximate surface area is 82.2 Å². The first-order valence-corrected chi connectivity index (χ1v) is 5.32. The lowest BCUT2D eigenvalue weighted by Crippen LogP contribution is -1.90. The average molecular weight is 182 g/mol. The summed E-state index contributed by atoms with van der Waals surface area (Å²) >= 11 is 0. The maximum atomic E-state index is 8.65. The zero-order chi connectivity index (χ0) is 9.94. The van der Waals surface area contributed by atoms with Crippen molar-refractivity contribution in [2.24, 2.45) is 5.92 Å². The topological polar surface area (TPSA) is 20.2 Å². The van der Waals surface area contributed by atoms with Crippen LogP contribution in [-0.2, 0) is 0 Å². The van der Waals surface area contributed by atoms with Crippen LogP contribution in [0.2, 0.25) is 0 Å². The van der Waals surface area contributed by atoms with Crippen LogP contribution >= 0.6 is 0 Å². The van der Waals surface area contributed by atoms with E-state index in [9.17, 15) is 0 Å². The van der Waals surface area contributed by atoms with E-state index in [0.717, 1.165) is 25.5 Å². The molecule has 1 heteroatoms. The lowest BCUT2D eigenvalue weighted by atomic mass is 10.0. The molecule has 1 nitrogen and oxygen atoms in total. The minimum atomic E-state index is 0.423. The largest absolute Gasteiger partial charge is 0.516 e. The van der Waals surface area contributed by atoms with Crippen LogP contribution in [0.25, 0.3) is 0 Å². The van der Waals surface area contributed by atoms with Crippen molar-refractivity contribution in [2.75, 3.05) is 0 Å². The first-order valence-electron chi connectivity index (χ1n) is 5.32. The van der Waals surface area contributed by atoms with Gasteiger partial charge in [0.25, 0.3) is 0 Å². The van der Waals surface area contributed by atoms with Crippen LogP contribution in [0.15, 0.2) is 24.5 Å². The third-order valence-electron chi connectivity index (χ3n) is 2.06. The van der Waals surface area contributed by atoms with Gasteiger partial charge in [0.05, 0.1) is 6.26 Å². The number of aliphatic hydroxyl groups is 1. The van der Waals surface area contributed by atoms with Gasteiger partial charge in [-0.25, -0.2) is 0 Å². The lowest BCUT2D eigenvalue weighted by molar-refractivity contribution is 0.465. The lowest BCUT2D eigenvalue weighted by Gasteiger charge is -2.03. The van der Waals surface area contributed by atoms with E-state index in [0.29, 0.717) is 5.92 Å². The molecule has 1 atom stereocenters. The second-order valence-electron chi connectivity index (χ2n) is 3.36. The van der Waals surface area contributed by atoms with Crippen molar-refractivity contribution < 1.29 is 5.11 Å². The molecule has 0 aromatic rings. The fourth-order valence-corrected chi connectivity index (χ4v) is 1.29. The molecule has 13 heavy (non-hydrogen) atoms. The van der Waals surface area contributed by atoms with Crippen LogP contribution in [0, 0.1) is 5.92 Å². The zero-order valence-electron chi connectivity index (χ0n) is 8.87. The molecule has 0 saturated heterocycles. The first kappa shape index (κ1) is 12.3. The van der Waals surface area contributed by atoms with E-state index in [4.69, 9.17) is 5.11 Å². The van der Waals surface area contributed by atoms with Crippen molar-refractivity contribution in [3.63, 3.8) is 0 Å². The molecule has 0 heterocycles. The smallest absolute Gasteiger partial charge is 0.0757 e. The van der Waals surface area contributed by atoms with E-state index in [-0.39, 0.29) is 0 Å². The summed E-state index contributed by atoms with van der Waals surface area (Å²) in [6, 6.07) is 0. The molecule has 0 amide bonds. The van der Waals surface area contributed by atoms with Crippen LogP contribution < -0.4 is 0 Å². The molecule has 76 valence electrons. The highest BCUT2D eigenvalue weighted by molar-refractivity contribution is 4.98. The van der Waals surface area contributed by atoms with Gasteiger partial charge in [-0.05, 0) is 24.8 Å². The molecular formula is C12H22O. The second kappa shape index (κ2) is 9.37. The number of hydrogen-bond donors (Lipinski definition) is 1. The number of allylic oxidation sites excluding steroid dienone is 3. The van der Waals surface area contributed by atoms with Crippen LogP contribution in [0.4, 0.5) is 0 Å². The molecule has 0 aromatic heterocycles. The molecular weight excluding hydrogens is 160 g/mol. The molecule has 1 unspecified atom stereocenters. The number of unbranched alkanes of at least 4 members (excludes halogenated alkanes) is 2. The highest BCUT2D eigenvalue weighted by atomic mass is 16.2. The van der Waals surface area contributed by atoms with Crippen LogP contribution in [-0.4, -0.2) is 5.11 Å². The van der Waals surface area contributed by atoms with E-state index in [2.05, 4.69) is 26.0 Å². The predicted molar refractivity (Wildman–Crippen MR) is 58.8 cm³/mol. The van der Waals surface area contributed by atoms with Gasteiger partial charge < -0.3 is 5.11 Å². The SMILES string of the molecule is CCCCC=CC(/C=C/O)CCC. The van der Waals surface area contributed by atoms with E-state index in [1.165, 1.54) is 12.8 Å². The van der Waals surface area contributed by atoms with Gasteiger partial charge in [-0.2, -0.15) is 0 Å². The Hall–Kier alpha value is -0.720. The predicted octanol–water partition coefficient (Wildman–Crippen LogP) is 4.22. The fourth-order valence-electron chi connectivity index (χ4n) is 1.29. The zero-order valence-corrected chi connectivity index (χ0v) is 8.87. The summed E-state index contributed by atoms with van der Waals surface area (Å²) in [5.41, 5.74) is 0. The van der Waals surface area contributed by atoms with Crippen molar-refractivity contribution in [3.05, 3.63) is 24.5 Å². The normalized spacial score (nSPS) is 14.3. The highest BCUT2D eigenvalue weighted by Crippen LogP contribution is 2.10. The Kier molecular flexibility index (Phi) is 8.85. The summed E-state index contributed by atoms with van der Waals surface area (Å²) in [4.78, 5) is 0. The van der Waals surface area contributed by atoms with E-state index >= 15 is 0 Å². The van der Waals surface area contributed by atoms with Crippen LogP contribution in [0.3, 0.4) is 0 Å². The number of hydrogen-bond acceptors (Lipinski definition) is 1. The van der Waals surface area contributed by atoms with E-state index < -0.39 is 0 Å². The monoisotopic (exact) mass is 182 g/mol. The molecule has 1 N–H and O–H groups in total. The van der Waals surface area contributed by atoms with Crippen molar-refractivity contribution >= 4 is 0 Å². The van der Waals surface area contributed by atoms with E-state index in [1.807, 2.05) is 6.08 Å². The van der Waals surface area contributed by atoms with Crippen molar-refractivity contribution in [3.8, 4) is 0 Å². The minimum Gasteiger partial charge on any atom is -0.516 e. The van der Waals surface area contributed by atoms with Gasteiger partial charge in [-0.15, -0.1) is 0 Å². The summed E-state index contributed by atoms with van der Waals surface area (Å²) in [6.07, 6.45) is 13.4. The Morgan fingerprint density at radius 2 is 1.92 bits per heavy atom. The summed E-state index contributed by atoms with van der Waals surface area (Å²) in [6.45, 7) is 4.36. The van der Waals surface area contributed by atoms with Gasteiger partial charge >= 0.3 is 0 Å². The molecule has 0 rings (SSSR count). The Morgan fingerprint density at radius 3 is 2.46 bits per heavy atom. The van der Waals surface area contributed by atoms with Gasteiger partial charge in [0, 0.05) is 0 Å². The molecule has 0 aliphatic carbocycles. The van der Waals surface area contributed by atoms with Gasteiger partial charge in [0.15, 0.2) is 0 Å². The van der Waals surface area contributed by atoms with Gasteiger partial charge in [-0.1, -0.05) is 45.3 Å².